The van der Waals surface area contributed by atoms with Gasteiger partial charge in [-0.3, -0.25) is 4.79 Å². The normalized spacial score (nSPS) is 30.9. The Morgan fingerprint density at radius 1 is 1.25 bits per heavy atom. The molecule has 4 unspecified atom stereocenters. The topological polar surface area (TPSA) is 50.4 Å². The van der Waals surface area contributed by atoms with Gasteiger partial charge in [0.15, 0.2) is 0 Å². The van der Waals surface area contributed by atoms with Crippen molar-refractivity contribution in [2.24, 2.45) is 5.92 Å². The molecule has 2 N–H and O–H groups in total. The van der Waals surface area contributed by atoms with Gasteiger partial charge < -0.3 is 15.4 Å². The molecule has 1 aromatic rings. The molecule has 4 rings (SSSR count). The minimum atomic E-state index is -0.00208. The van der Waals surface area contributed by atoms with Gasteiger partial charge in [0, 0.05) is 6.04 Å². The molecular formula is C19H27ClN2O2. The van der Waals surface area contributed by atoms with Gasteiger partial charge in [-0.1, -0.05) is 25.0 Å². The average Bonchev–Trinajstić information content (AvgIpc) is 3.19. The van der Waals surface area contributed by atoms with E-state index in [2.05, 4.69) is 16.7 Å². The number of carbonyl (C=O) groups excluding carboxylic acids is 1. The predicted molar refractivity (Wildman–Crippen MR) is 96.7 cm³/mol. The molecule has 0 aromatic heterocycles. The summed E-state index contributed by atoms with van der Waals surface area (Å²) in [6.07, 6.45) is 8.11. The van der Waals surface area contributed by atoms with E-state index >= 15 is 0 Å². The molecular weight excluding hydrogens is 324 g/mol. The number of fused-ring (bicyclic) bond motifs is 2. The van der Waals surface area contributed by atoms with Crippen LogP contribution in [-0.2, 0) is 11.2 Å². The molecule has 1 aliphatic heterocycles. The van der Waals surface area contributed by atoms with Crippen molar-refractivity contribution in [3.8, 4) is 5.75 Å². The van der Waals surface area contributed by atoms with Gasteiger partial charge in [0.25, 0.3) is 0 Å². The average molecular weight is 351 g/mol. The summed E-state index contributed by atoms with van der Waals surface area (Å²) in [5.41, 5.74) is 2.49. The monoisotopic (exact) mass is 350 g/mol. The first kappa shape index (κ1) is 17.6. The second kappa shape index (κ2) is 7.32. The number of hydrogen-bond acceptors (Lipinski definition) is 3. The molecule has 0 spiro atoms. The number of methoxy groups -OCH3 is 1. The standard InChI is InChI=1S/C19H26N2O2.ClH/c1-23-18-8-4-6-13-14(18)9-10-16(13)21-19(22)17-11-12-5-2-3-7-15(12)20-17;/h4,6,8,12,15-17,20H,2-3,5,7,9-11H2,1H3,(H,21,22);1H. The number of hydrogen-bond donors (Lipinski definition) is 2. The molecule has 132 valence electrons. The molecule has 1 heterocycles. The minimum Gasteiger partial charge on any atom is -0.496 e. The van der Waals surface area contributed by atoms with Crippen LogP contribution >= 0.6 is 12.4 Å². The van der Waals surface area contributed by atoms with Crippen LogP contribution in [0.5, 0.6) is 5.75 Å². The number of benzene rings is 1. The highest BCUT2D eigenvalue weighted by Gasteiger charge is 2.39. The van der Waals surface area contributed by atoms with Crippen LogP contribution in [0.15, 0.2) is 18.2 Å². The van der Waals surface area contributed by atoms with Crippen LogP contribution in [0.1, 0.15) is 55.7 Å². The fraction of sp³-hybridized carbons (Fsp3) is 0.632. The molecule has 1 saturated heterocycles. The lowest BCUT2D eigenvalue weighted by Gasteiger charge is -2.24. The van der Waals surface area contributed by atoms with Crippen LogP contribution in [0.3, 0.4) is 0 Å². The Morgan fingerprint density at radius 2 is 2.08 bits per heavy atom. The maximum atomic E-state index is 12.7. The molecule has 1 amide bonds. The zero-order valence-electron chi connectivity index (χ0n) is 14.2. The first-order valence-corrected chi connectivity index (χ1v) is 8.98. The SMILES string of the molecule is COc1cccc2c1CCC2NC(=O)C1CC2CCCCC2N1.Cl. The summed E-state index contributed by atoms with van der Waals surface area (Å²) in [4.78, 5) is 12.7. The highest BCUT2D eigenvalue weighted by Crippen LogP contribution is 2.37. The molecule has 2 fully saturated rings. The second-order valence-corrected chi connectivity index (χ2v) is 7.23. The van der Waals surface area contributed by atoms with E-state index in [-0.39, 0.29) is 30.4 Å². The Kier molecular flexibility index (Phi) is 5.36. The van der Waals surface area contributed by atoms with Crippen molar-refractivity contribution in [3.63, 3.8) is 0 Å². The largest absolute Gasteiger partial charge is 0.496 e. The maximum absolute atomic E-state index is 12.7. The molecule has 4 atom stereocenters. The van der Waals surface area contributed by atoms with Gasteiger partial charge in [-0.25, -0.2) is 0 Å². The number of carbonyl (C=O) groups is 1. The number of halogens is 1. The van der Waals surface area contributed by atoms with Crippen LogP contribution in [0.25, 0.3) is 0 Å². The third-order valence-electron chi connectivity index (χ3n) is 5.94. The summed E-state index contributed by atoms with van der Waals surface area (Å²) in [6, 6.07) is 6.85. The van der Waals surface area contributed by atoms with E-state index in [0.717, 1.165) is 25.0 Å². The number of nitrogens with one attached hydrogen (secondary N) is 2. The van der Waals surface area contributed by atoms with Crippen molar-refractivity contribution in [1.82, 2.24) is 10.6 Å². The molecule has 0 radical (unpaired) electrons. The first-order valence-electron chi connectivity index (χ1n) is 8.98. The minimum absolute atomic E-state index is 0. The molecule has 4 nitrogen and oxygen atoms in total. The fourth-order valence-corrected chi connectivity index (χ4v) is 4.76. The molecule has 24 heavy (non-hydrogen) atoms. The van der Waals surface area contributed by atoms with Crippen LogP contribution in [0.2, 0.25) is 0 Å². The third kappa shape index (κ3) is 3.14. The van der Waals surface area contributed by atoms with Crippen molar-refractivity contribution < 1.29 is 9.53 Å². The van der Waals surface area contributed by atoms with Crippen molar-refractivity contribution in [3.05, 3.63) is 29.3 Å². The van der Waals surface area contributed by atoms with Crippen LogP contribution in [0, 0.1) is 5.92 Å². The highest BCUT2D eigenvalue weighted by atomic mass is 35.5. The lowest BCUT2D eigenvalue weighted by atomic mass is 9.85. The molecule has 1 saturated carbocycles. The smallest absolute Gasteiger partial charge is 0.237 e. The highest BCUT2D eigenvalue weighted by molar-refractivity contribution is 5.85. The number of rotatable bonds is 3. The van der Waals surface area contributed by atoms with E-state index in [1.807, 2.05) is 12.1 Å². The van der Waals surface area contributed by atoms with Crippen LogP contribution < -0.4 is 15.4 Å². The van der Waals surface area contributed by atoms with Crippen molar-refractivity contribution in [2.45, 2.75) is 63.1 Å². The summed E-state index contributed by atoms with van der Waals surface area (Å²) >= 11 is 0. The fourth-order valence-electron chi connectivity index (χ4n) is 4.76. The maximum Gasteiger partial charge on any atom is 0.237 e. The summed E-state index contributed by atoms with van der Waals surface area (Å²) in [6.45, 7) is 0. The summed E-state index contributed by atoms with van der Waals surface area (Å²) in [5.74, 6) is 1.83. The van der Waals surface area contributed by atoms with Gasteiger partial charge in [0.1, 0.15) is 5.75 Å². The summed E-state index contributed by atoms with van der Waals surface area (Å²) < 4.78 is 5.45. The van der Waals surface area contributed by atoms with E-state index in [1.54, 1.807) is 7.11 Å². The lowest BCUT2D eigenvalue weighted by Crippen LogP contribution is -2.44. The van der Waals surface area contributed by atoms with Crippen molar-refractivity contribution in [1.29, 1.82) is 0 Å². The quantitative estimate of drug-likeness (QED) is 0.880. The zero-order valence-corrected chi connectivity index (χ0v) is 15.0. The van der Waals surface area contributed by atoms with Crippen molar-refractivity contribution in [2.75, 3.05) is 7.11 Å². The Bertz CT molecular complexity index is 593. The van der Waals surface area contributed by atoms with Gasteiger partial charge in [0.05, 0.1) is 19.2 Å². The van der Waals surface area contributed by atoms with E-state index < -0.39 is 0 Å². The van der Waals surface area contributed by atoms with Crippen molar-refractivity contribution >= 4 is 18.3 Å². The van der Waals surface area contributed by atoms with Crippen LogP contribution in [-0.4, -0.2) is 25.1 Å². The lowest BCUT2D eigenvalue weighted by molar-refractivity contribution is -0.123. The Balaban J connectivity index is 0.00000169. The summed E-state index contributed by atoms with van der Waals surface area (Å²) in [5, 5.41) is 6.86. The second-order valence-electron chi connectivity index (χ2n) is 7.23. The van der Waals surface area contributed by atoms with Crippen LogP contribution in [0.4, 0.5) is 0 Å². The van der Waals surface area contributed by atoms with Gasteiger partial charge in [0.2, 0.25) is 5.91 Å². The van der Waals surface area contributed by atoms with E-state index in [4.69, 9.17) is 4.74 Å². The van der Waals surface area contributed by atoms with E-state index in [0.29, 0.717) is 12.0 Å². The van der Waals surface area contributed by atoms with Gasteiger partial charge >= 0.3 is 0 Å². The van der Waals surface area contributed by atoms with E-state index in [1.165, 1.54) is 36.8 Å². The number of ether oxygens (including phenoxy) is 1. The summed E-state index contributed by atoms with van der Waals surface area (Å²) in [7, 11) is 1.71. The van der Waals surface area contributed by atoms with E-state index in [9.17, 15) is 4.79 Å². The van der Waals surface area contributed by atoms with Gasteiger partial charge in [-0.2, -0.15) is 0 Å². The predicted octanol–water partition coefficient (Wildman–Crippen LogP) is 3.14. The van der Waals surface area contributed by atoms with Gasteiger partial charge in [-0.05, 0) is 55.2 Å². The molecule has 0 bridgehead atoms. The van der Waals surface area contributed by atoms with Gasteiger partial charge in [-0.15, -0.1) is 12.4 Å². The Labute approximate surface area is 150 Å². The molecule has 2 aliphatic carbocycles. The Morgan fingerprint density at radius 3 is 2.88 bits per heavy atom. The zero-order chi connectivity index (χ0) is 15.8. The molecule has 1 aromatic carbocycles. The number of amides is 1. The molecule has 3 aliphatic rings. The molecule has 5 heteroatoms. The third-order valence-corrected chi connectivity index (χ3v) is 5.94. The first-order chi connectivity index (χ1) is 11.3. The Hall–Kier alpha value is -1.26.